The molecular weight excluding hydrogens is 308 g/mol. The second kappa shape index (κ2) is 7.33. The number of thiophene rings is 1. The Morgan fingerprint density at radius 3 is 2.67 bits per heavy atom. The lowest BCUT2D eigenvalue weighted by atomic mass is 10.3. The van der Waals surface area contributed by atoms with E-state index in [-0.39, 0.29) is 0 Å². The Hall–Kier alpha value is -0.980. The molecule has 0 spiro atoms. The van der Waals surface area contributed by atoms with E-state index in [4.69, 9.17) is 5.26 Å². The van der Waals surface area contributed by atoms with Crippen LogP contribution in [0.4, 0.5) is 0 Å². The van der Waals surface area contributed by atoms with Crippen LogP contribution in [-0.4, -0.2) is 63.1 Å². The van der Waals surface area contributed by atoms with Crippen molar-refractivity contribution < 1.29 is 8.42 Å². The van der Waals surface area contributed by atoms with E-state index in [1.807, 2.05) is 11.4 Å². The van der Waals surface area contributed by atoms with Gasteiger partial charge in [-0.3, -0.25) is 4.90 Å². The number of rotatable bonds is 6. The zero-order valence-electron chi connectivity index (χ0n) is 12.1. The van der Waals surface area contributed by atoms with Gasteiger partial charge in [-0.05, 0) is 6.07 Å². The quantitative estimate of drug-likeness (QED) is 0.760. The first-order valence-corrected chi connectivity index (χ1v) is 9.57. The van der Waals surface area contributed by atoms with E-state index >= 15 is 0 Å². The van der Waals surface area contributed by atoms with E-state index in [0.717, 1.165) is 37.6 Å². The highest BCUT2D eigenvalue weighted by molar-refractivity contribution is 7.88. The zero-order valence-corrected chi connectivity index (χ0v) is 13.7. The van der Waals surface area contributed by atoms with Crippen molar-refractivity contribution in [3.05, 3.63) is 21.9 Å². The molecule has 0 bridgehead atoms. The average Bonchev–Trinajstić information content (AvgIpc) is 2.91. The largest absolute Gasteiger partial charge is 0.311 e. The Kier molecular flexibility index (Phi) is 5.72. The molecule has 1 aromatic rings. The predicted octanol–water partition coefficient (Wildman–Crippen LogP) is 0.287. The maximum atomic E-state index is 11.4. The Morgan fingerprint density at radius 2 is 2.10 bits per heavy atom. The number of piperazine rings is 1. The minimum absolute atomic E-state index is 0.579. The highest BCUT2D eigenvalue weighted by Crippen LogP contribution is 2.13. The first-order valence-electron chi connectivity index (χ1n) is 6.85. The van der Waals surface area contributed by atoms with E-state index < -0.39 is 10.0 Å². The molecule has 1 N–H and O–H groups in total. The fourth-order valence-corrected chi connectivity index (χ4v) is 3.87. The summed E-state index contributed by atoms with van der Waals surface area (Å²) < 4.78 is 24.4. The van der Waals surface area contributed by atoms with Gasteiger partial charge in [0.1, 0.15) is 6.07 Å². The molecule has 0 atom stereocenters. The molecule has 0 aliphatic carbocycles. The molecule has 2 heterocycles. The molecule has 0 radical (unpaired) electrons. The van der Waals surface area contributed by atoms with Crippen molar-refractivity contribution in [3.63, 3.8) is 0 Å². The van der Waals surface area contributed by atoms with E-state index in [2.05, 4.69) is 16.3 Å². The third-order valence-corrected chi connectivity index (χ3v) is 5.73. The third kappa shape index (κ3) is 5.05. The lowest BCUT2D eigenvalue weighted by Gasteiger charge is -2.33. The summed E-state index contributed by atoms with van der Waals surface area (Å²) in [7, 11) is -3.04. The molecule has 116 valence electrons. The summed E-state index contributed by atoms with van der Waals surface area (Å²) in [6, 6.07) is 4.03. The molecule has 1 aliphatic heterocycles. The van der Waals surface area contributed by atoms with Crippen molar-refractivity contribution in [1.29, 1.82) is 5.26 Å². The summed E-state index contributed by atoms with van der Waals surface area (Å²) in [5.74, 6) is 0. The van der Waals surface area contributed by atoms with Crippen molar-refractivity contribution in [1.82, 2.24) is 14.5 Å². The highest BCUT2D eigenvalue weighted by Gasteiger charge is 2.22. The van der Waals surface area contributed by atoms with Gasteiger partial charge in [-0.2, -0.15) is 9.57 Å². The SMILES string of the molecule is CS(=O)(=O)N1CCN(CCNCc2cc(C#N)cs2)CC1. The minimum atomic E-state index is -3.04. The zero-order chi connectivity index (χ0) is 15.3. The van der Waals surface area contributed by atoms with Crippen LogP contribution in [0.5, 0.6) is 0 Å². The monoisotopic (exact) mass is 328 g/mol. The molecule has 1 saturated heterocycles. The number of hydrogen-bond acceptors (Lipinski definition) is 6. The molecular formula is C13H20N4O2S2. The standard InChI is InChI=1S/C13H20N4O2S2/c1-21(18,19)17-6-4-16(5-7-17)3-2-15-10-13-8-12(9-14)11-20-13/h8,11,15H,2-7,10H2,1H3. The molecule has 1 fully saturated rings. The molecule has 0 unspecified atom stereocenters. The van der Waals surface area contributed by atoms with Gasteiger partial charge >= 0.3 is 0 Å². The number of hydrogen-bond donors (Lipinski definition) is 1. The van der Waals surface area contributed by atoms with Crippen LogP contribution in [0, 0.1) is 11.3 Å². The van der Waals surface area contributed by atoms with Crippen molar-refractivity contribution in [3.8, 4) is 6.07 Å². The summed E-state index contributed by atoms with van der Waals surface area (Å²) >= 11 is 1.59. The molecule has 21 heavy (non-hydrogen) atoms. The van der Waals surface area contributed by atoms with Crippen LogP contribution in [0.2, 0.25) is 0 Å². The van der Waals surface area contributed by atoms with Crippen LogP contribution >= 0.6 is 11.3 Å². The van der Waals surface area contributed by atoms with Gasteiger partial charge in [0.05, 0.1) is 11.8 Å². The number of nitrogens with one attached hydrogen (secondary N) is 1. The van der Waals surface area contributed by atoms with Crippen LogP contribution in [0.25, 0.3) is 0 Å². The van der Waals surface area contributed by atoms with Crippen LogP contribution in [0.15, 0.2) is 11.4 Å². The Morgan fingerprint density at radius 1 is 1.38 bits per heavy atom. The van der Waals surface area contributed by atoms with Gasteiger partial charge in [-0.25, -0.2) is 8.42 Å². The molecule has 8 heteroatoms. The maximum absolute atomic E-state index is 11.4. The molecule has 0 aromatic carbocycles. The van der Waals surface area contributed by atoms with Gasteiger partial charge in [0.15, 0.2) is 0 Å². The van der Waals surface area contributed by atoms with Crippen LogP contribution in [0.1, 0.15) is 10.4 Å². The summed E-state index contributed by atoms with van der Waals surface area (Å²) in [5.41, 5.74) is 0.716. The topological polar surface area (TPSA) is 76.4 Å². The van der Waals surface area contributed by atoms with Gasteiger partial charge in [0.2, 0.25) is 10.0 Å². The van der Waals surface area contributed by atoms with E-state index in [0.29, 0.717) is 18.7 Å². The molecule has 1 aromatic heterocycles. The van der Waals surface area contributed by atoms with E-state index in [1.54, 1.807) is 11.3 Å². The third-order valence-electron chi connectivity index (χ3n) is 3.49. The van der Waals surface area contributed by atoms with Gasteiger partial charge in [-0.1, -0.05) is 0 Å². The fourth-order valence-electron chi connectivity index (χ4n) is 2.27. The van der Waals surface area contributed by atoms with Crippen LogP contribution in [0.3, 0.4) is 0 Å². The summed E-state index contributed by atoms with van der Waals surface area (Å²) in [6.07, 6.45) is 1.26. The minimum Gasteiger partial charge on any atom is -0.311 e. The second-order valence-electron chi connectivity index (χ2n) is 5.09. The first-order chi connectivity index (χ1) is 9.99. The summed E-state index contributed by atoms with van der Waals surface area (Å²) in [6.45, 7) is 5.27. The van der Waals surface area contributed by atoms with Crippen molar-refractivity contribution in [2.24, 2.45) is 0 Å². The maximum Gasteiger partial charge on any atom is 0.211 e. The molecule has 0 amide bonds. The van der Waals surface area contributed by atoms with E-state index in [9.17, 15) is 8.42 Å². The van der Waals surface area contributed by atoms with Gasteiger partial charge in [-0.15, -0.1) is 11.3 Å². The smallest absolute Gasteiger partial charge is 0.211 e. The van der Waals surface area contributed by atoms with Gasteiger partial charge < -0.3 is 5.32 Å². The number of sulfonamides is 1. The lowest BCUT2D eigenvalue weighted by molar-refractivity contribution is 0.189. The molecule has 1 aliphatic rings. The summed E-state index contributed by atoms with van der Waals surface area (Å²) in [4.78, 5) is 3.43. The summed E-state index contributed by atoms with van der Waals surface area (Å²) in [5, 5.41) is 14.0. The number of nitrogens with zero attached hydrogens (tertiary/aromatic N) is 3. The molecule has 0 saturated carbocycles. The van der Waals surface area contributed by atoms with Gasteiger partial charge in [0.25, 0.3) is 0 Å². The lowest BCUT2D eigenvalue weighted by Crippen LogP contribution is -2.49. The first kappa shape index (κ1) is 16.4. The Balaban J connectivity index is 1.63. The fraction of sp³-hybridized carbons (Fsp3) is 0.615. The van der Waals surface area contributed by atoms with Crippen LogP contribution < -0.4 is 5.32 Å². The molecule has 6 nitrogen and oxygen atoms in total. The predicted molar refractivity (Wildman–Crippen MR) is 83.6 cm³/mol. The Bertz CT molecular complexity index is 598. The van der Waals surface area contributed by atoms with Crippen molar-refractivity contribution in [2.75, 3.05) is 45.5 Å². The van der Waals surface area contributed by atoms with Crippen molar-refractivity contribution >= 4 is 21.4 Å². The Labute approximate surface area is 130 Å². The van der Waals surface area contributed by atoms with Crippen molar-refractivity contribution in [2.45, 2.75) is 6.54 Å². The van der Waals surface area contributed by atoms with Gasteiger partial charge in [0, 0.05) is 56.1 Å². The average molecular weight is 328 g/mol. The highest BCUT2D eigenvalue weighted by atomic mass is 32.2. The van der Waals surface area contributed by atoms with Crippen LogP contribution in [-0.2, 0) is 16.6 Å². The van der Waals surface area contributed by atoms with E-state index in [1.165, 1.54) is 10.6 Å². The molecule has 2 rings (SSSR count). The second-order valence-corrected chi connectivity index (χ2v) is 8.07. The normalized spacial score (nSPS) is 17.7. The number of nitriles is 1.